The van der Waals surface area contributed by atoms with Gasteiger partial charge in [-0.15, -0.1) is 0 Å². The molecule has 1 nitrogen and oxygen atoms in total. The van der Waals surface area contributed by atoms with Gasteiger partial charge in [-0.05, 0) is 20.3 Å². The van der Waals surface area contributed by atoms with Crippen molar-refractivity contribution in [3.05, 3.63) is 0 Å². The van der Waals surface area contributed by atoms with E-state index in [2.05, 4.69) is 11.9 Å². The summed E-state index contributed by atoms with van der Waals surface area (Å²) < 4.78 is 0. The molecule has 0 amide bonds. The summed E-state index contributed by atoms with van der Waals surface area (Å²) in [5.41, 5.74) is 1.19. The molecule has 0 N–H and O–H groups in total. The third-order valence-electron chi connectivity index (χ3n) is 0.940. The van der Waals surface area contributed by atoms with Crippen LogP contribution in [0, 0.1) is 0 Å². The summed E-state index contributed by atoms with van der Waals surface area (Å²) in [7, 11) is 0. The predicted octanol–water partition coefficient (Wildman–Crippen LogP) is 2.27. The summed E-state index contributed by atoms with van der Waals surface area (Å²) in [5.74, 6) is 0. The molecule has 48 valence electrons. The Morgan fingerprint density at radius 3 is 2.38 bits per heavy atom. The molecule has 0 bridgehead atoms. The second kappa shape index (κ2) is 4.82. The second-order valence-electron chi connectivity index (χ2n) is 2.18. The van der Waals surface area contributed by atoms with Gasteiger partial charge in [-0.1, -0.05) is 13.3 Å². The fourth-order valence-electron chi connectivity index (χ4n) is 0.461. The average molecular weight is 113 g/mol. The van der Waals surface area contributed by atoms with Crippen molar-refractivity contribution >= 4 is 5.71 Å². The van der Waals surface area contributed by atoms with Crippen LogP contribution in [0.1, 0.15) is 33.6 Å². The first-order valence-electron chi connectivity index (χ1n) is 3.25. The Balaban J connectivity index is 3.03. The molecule has 0 atom stereocenters. The van der Waals surface area contributed by atoms with Crippen LogP contribution in [0.25, 0.3) is 0 Å². The molecule has 0 fully saturated rings. The molecular formula is C7H15N. The summed E-state index contributed by atoms with van der Waals surface area (Å²) in [5, 5.41) is 0. The molecule has 0 aromatic heterocycles. The van der Waals surface area contributed by atoms with Gasteiger partial charge in [0.25, 0.3) is 0 Å². The lowest BCUT2D eigenvalue weighted by Crippen LogP contribution is -1.84. The van der Waals surface area contributed by atoms with Crippen molar-refractivity contribution in [1.82, 2.24) is 0 Å². The highest BCUT2D eigenvalue weighted by atomic mass is 14.7. The Kier molecular flexibility index (Phi) is 4.62. The van der Waals surface area contributed by atoms with Crippen molar-refractivity contribution < 1.29 is 0 Å². The van der Waals surface area contributed by atoms with Gasteiger partial charge in [0.05, 0.1) is 0 Å². The zero-order chi connectivity index (χ0) is 6.41. The zero-order valence-electron chi connectivity index (χ0n) is 6.07. The van der Waals surface area contributed by atoms with Crippen molar-refractivity contribution in [3.63, 3.8) is 0 Å². The third kappa shape index (κ3) is 5.67. The topological polar surface area (TPSA) is 12.4 Å². The molecule has 0 rings (SSSR count). The summed E-state index contributed by atoms with van der Waals surface area (Å²) >= 11 is 0. The second-order valence-corrected chi connectivity index (χ2v) is 2.18. The minimum absolute atomic E-state index is 1.01. The maximum Gasteiger partial charge on any atom is 0.0388 e. The Hall–Kier alpha value is -0.330. The van der Waals surface area contributed by atoms with E-state index >= 15 is 0 Å². The first kappa shape index (κ1) is 7.67. The third-order valence-corrected chi connectivity index (χ3v) is 0.940. The lowest BCUT2D eigenvalue weighted by molar-refractivity contribution is 0.807. The Labute approximate surface area is 51.8 Å². The molecule has 0 aliphatic rings. The van der Waals surface area contributed by atoms with Gasteiger partial charge in [-0.2, -0.15) is 0 Å². The van der Waals surface area contributed by atoms with E-state index in [0.717, 1.165) is 6.54 Å². The summed E-state index contributed by atoms with van der Waals surface area (Å²) in [6, 6.07) is 0. The first-order valence-corrected chi connectivity index (χ1v) is 3.25. The van der Waals surface area contributed by atoms with Gasteiger partial charge in [-0.25, -0.2) is 0 Å². The highest BCUT2D eigenvalue weighted by Crippen LogP contribution is 1.86. The Morgan fingerprint density at radius 1 is 1.38 bits per heavy atom. The SMILES string of the molecule is CCCCN=C(C)C. The van der Waals surface area contributed by atoms with E-state index in [1.165, 1.54) is 18.6 Å². The fraction of sp³-hybridized carbons (Fsp3) is 0.857. The first-order chi connectivity index (χ1) is 3.77. The van der Waals surface area contributed by atoms with Crippen LogP contribution in [-0.4, -0.2) is 12.3 Å². The van der Waals surface area contributed by atoms with Crippen molar-refractivity contribution in [2.45, 2.75) is 33.6 Å². The summed E-state index contributed by atoms with van der Waals surface area (Å²) in [6.07, 6.45) is 2.47. The van der Waals surface area contributed by atoms with Crippen molar-refractivity contribution in [2.75, 3.05) is 6.54 Å². The number of rotatable bonds is 3. The van der Waals surface area contributed by atoms with Gasteiger partial charge in [0.2, 0.25) is 0 Å². The van der Waals surface area contributed by atoms with Crippen LogP contribution in [-0.2, 0) is 0 Å². The molecule has 1 heteroatoms. The average Bonchev–Trinajstić information content (AvgIpc) is 1.66. The summed E-state index contributed by atoms with van der Waals surface area (Å²) in [4.78, 5) is 4.23. The van der Waals surface area contributed by atoms with Crippen molar-refractivity contribution in [1.29, 1.82) is 0 Å². The molecule has 0 aliphatic carbocycles. The minimum atomic E-state index is 1.01. The molecule has 0 unspecified atom stereocenters. The van der Waals surface area contributed by atoms with E-state index in [1.807, 2.05) is 13.8 Å². The normalized spacial score (nSPS) is 8.88. The van der Waals surface area contributed by atoms with Crippen LogP contribution < -0.4 is 0 Å². The number of nitrogens with zero attached hydrogens (tertiary/aromatic N) is 1. The molecule has 0 aliphatic heterocycles. The van der Waals surface area contributed by atoms with E-state index in [-0.39, 0.29) is 0 Å². The van der Waals surface area contributed by atoms with Crippen LogP contribution >= 0.6 is 0 Å². The largest absolute Gasteiger partial charge is 0.295 e. The molecule has 0 radical (unpaired) electrons. The number of hydrogen-bond donors (Lipinski definition) is 0. The van der Waals surface area contributed by atoms with Crippen molar-refractivity contribution in [2.24, 2.45) is 4.99 Å². The van der Waals surface area contributed by atoms with Crippen LogP contribution in [0.2, 0.25) is 0 Å². The monoisotopic (exact) mass is 113 g/mol. The van der Waals surface area contributed by atoms with E-state index in [9.17, 15) is 0 Å². The smallest absolute Gasteiger partial charge is 0.0388 e. The lowest BCUT2D eigenvalue weighted by Gasteiger charge is -1.89. The minimum Gasteiger partial charge on any atom is -0.295 e. The number of hydrogen-bond acceptors (Lipinski definition) is 1. The van der Waals surface area contributed by atoms with Gasteiger partial charge in [0.1, 0.15) is 0 Å². The molecule has 0 spiro atoms. The maximum absolute atomic E-state index is 4.23. The zero-order valence-corrected chi connectivity index (χ0v) is 6.07. The van der Waals surface area contributed by atoms with E-state index in [4.69, 9.17) is 0 Å². The predicted molar refractivity (Wildman–Crippen MR) is 38.6 cm³/mol. The van der Waals surface area contributed by atoms with Gasteiger partial charge in [0.15, 0.2) is 0 Å². The van der Waals surface area contributed by atoms with Crippen LogP contribution in [0.4, 0.5) is 0 Å². The van der Waals surface area contributed by atoms with Gasteiger partial charge in [0, 0.05) is 12.3 Å². The summed E-state index contributed by atoms with van der Waals surface area (Å²) in [6.45, 7) is 7.27. The quantitative estimate of drug-likeness (QED) is 0.393. The highest BCUT2D eigenvalue weighted by Gasteiger charge is 1.78. The van der Waals surface area contributed by atoms with Gasteiger partial charge < -0.3 is 0 Å². The number of unbranched alkanes of at least 4 members (excludes halogenated alkanes) is 1. The molecule has 0 aromatic rings. The van der Waals surface area contributed by atoms with Crippen LogP contribution in [0.15, 0.2) is 4.99 Å². The maximum atomic E-state index is 4.23. The molecule has 0 saturated carbocycles. The van der Waals surface area contributed by atoms with Crippen LogP contribution in [0.5, 0.6) is 0 Å². The fourth-order valence-corrected chi connectivity index (χ4v) is 0.461. The standard InChI is InChI=1S/C7H15N/c1-4-5-6-8-7(2)3/h4-6H2,1-3H3. The molecular weight excluding hydrogens is 98.1 g/mol. The highest BCUT2D eigenvalue weighted by molar-refractivity contribution is 5.78. The van der Waals surface area contributed by atoms with E-state index in [0.29, 0.717) is 0 Å². The molecule has 0 heterocycles. The lowest BCUT2D eigenvalue weighted by atomic mass is 10.3. The molecule has 0 saturated heterocycles. The van der Waals surface area contributed by atoms with Crippen molar-refractivity contribution in [3.8, 4) is 0 Å². The van der Waals surface area contributed by atoms with E-state index in [1.54, 1.807) is 0 Å². The van der Waals surface area contributed by atoms with Gasteiger partial charge in [-0.3, -0.25) is 4.99 Å². The Bertz CT molecular complexity index is 70.5. The van der Waals surface area contributed by atoms with Gasteiger partial charge >= 0.3 is 0 Å². The Morgan fingerprint density at radius 2 is 2.00 bits per heavy atom. The van der Waals surface area contributed by atoms with E-state index < -0.39 is 0 Å². The molecule has 0 aromatic carbocycles. The number of aliphatic imine (C=N–C) groups is 1. The van der Waals surface area contributed by atoms with Crippen LogP contribution in [0.3, 0.4) is 0 Å². The molecule has 8 heavy (non-hydrogen) atoms.